The van der Waals surface area contributed by atoms with Crippen LogP contribution in [-0.2, 0) is 11.3 Å². The highest BCUT2D eigenvalue weighted by molar-refractivity contribution is 5.76. The number of aryl methyl sites for hydroxylation is 1. The standard InChI is InChI=1S/C16H21N3O2/c1-3-19(12-14-7-5-4-6-8-14)16(20)9-10-17-15-11-13(2)21-18-15/h4-8,11H,3,9-10,12H2,1-2H3,(H,17,18). The molecule has 0 radical (unpaired) electrons. The van der Waals surface area contributed by atoms with E-state index in [4.69, 9.17) is 4.52 Å². The molecule has 5 nitrogen and oxygen atoms in total. The van der Waals surface area contributed by atoms with Gasteiger partial charge in [-0.15, -0.1) is 0 Å². The minimum Gasteiger partial charge on any atom is -0.367 e. The quantitative estimate of drug-likeness (QED) is 0.850. The van der Waals surface area contributed by atoms with Crippen molar-refractivity contribution in [1.82, 2.24) is 10.1 Å². The number of carbonyl (C=O) groups excluding carboxylic acids is 1. The summed E-state index contributed by atoms with van der Waals surface area (Å²) in [6, 6.07) is 11.8. The Morgan fingerprint density at radius 3 is 2.71 bits per heavy atom. The fourth-order valence-corrected chi connectivity index (χ4v) is 2.09. The van der Waals surface area contributed by atoms with Crippen LogP contribution in [0.25, 0.3) is 0 Å². The molecule has 2 rings (SSSR count). The van der Waals surface area contributed by atoms with Crippen LogP contribution in [0.4, 0.5) is 5.82 Å². The molecule has 0 aliphatic rings. The second kappa shape index (κ2) is 7.47. The summed E-state index contributed by atoms with van der Waals surface area (Å²) in [6.45, 7) is 5.74. The lowest BCUT2D eigenvalue weighted by atomic mass is 10.2. The first kappa shape index (κ1) is 15.1. The molecular formula is C16H21N3O2. The molecule has 0 unspecified atom stereocenters. The molecule has 1 heterocycles. The Morgan fingerprint density at radius 1 is 1.33 bits per heavy atom. The van der Waals surface area contributed by atoms with Gasteiger partial charge in [-0.2, -0.15) is 0 Å². The molecule has 0 atom stereocenters. The van der Waals surface area contributed by atoms with E-state index >= 15 is 0 Å². The van der Waals surface area contributed by atoms with Crippen molar-refractivity contribution >= 4 is 11.7 Å². The molecule has 0 bridgehead atoms. The van der Waals surface area contributed by atoms with E-state index < -0.39 is 0 Å². The summed E-state index contributed by atoms with van der Waals surface area (Å²) in [7, 11) is 0. The highest BCUT2D eigenvalue weighted by atomic mass is 16.5. The van der Waals surface area contributed by atoms with Gasteiger partial charge in [0.05, 0.1) is 0 Å². The maximum Gasteiger partial charge on any atom is 0.224 e. The summed E-state index contributed by atoms with van der Waals surface area (Å²) >= 11 is 0. The molecule has 1 amide bonds. The first-order chi connectivity index (χ1) is 10.2. The van der Waals surface area contributed by atoms with E-state index in [1.807, 2.05) is 55.1 Å². The van der Waals surface area contributed by atoms with Crippen LogP contribution in [0.15, 0.2) is 40.9 Å². The van der Waals surface area contributed by atoms with Crippen molar-refractivity contribution in [1.29, 1.82) is 0 Å². The van der Waals surface area contributed by atoms with E-state index in [0.717, 1.165) is 11.3 Å². The first-order valence-corrected chi connectivity index (χ1v) is 7.18. The Morgan fingerprint density at radius 2 is 2.10 bits per heavy atom. The molecule has 112 valence electrons. The second-order valence-corrected chi connectivity index (χ2v) is 4.89. The molecule has 0 fully saturated rings. The van der Waals surface area contributed by atoms with Gasteiger partial charge in [0.15, 0.2) is 5.82 Å². The predicted molar refractivity (Wildman–Crippen MR) is 81.9 cm³/mol. The summed E-state index contributed by atoms with van der Waals surface area (Å²) in [6.07, 6.45) is 0.437. The van der Waals surface area contributed by atoms with Crippen LogP contribution >= 0.6 is 0 Å². The number of hydrogen-bond donors (Lipinski definition) is 1. The number of nitrogens with one attached hydrogen (secondary N) is 1. The van der Waals surface area contributed by atoms with Gasteiger partial charge >= 0.3 is 0 Å². The number of carbonyl (C=O) groups is 1. The van der Waals surface area contributed by atoms with Crippen LogP contribution < -0.4 is 5.32 Å². The molecule has 2 aromatic rings. The van der Waals surface area contributed by atoms with Gasteiger partial charge in [-0.25, -0.2) is 0 Å². The third-order valence-electron chi connectivity index (χ3n) is 3.22. The van der Waals surface area contributed by atoms with Gasteiger partial charge in [-0.05, 0) is 19.4 Å². The van der Waals surface area contributed by atoms with Gasteiger partial charge < -0.3 is 14.7 Å². The van der Waals surface area contributed by atoms with Crippen LogP contribution in [0, 0.1) is 6.92 Å². The zero-order valence-corrected chi connectivity index (χ0v) is 12.5. The van der Waals surface area contributed by atoms with Gasteiger partial charge in [0, 0.05) is 32.1 Å². The van der Waals surface area contributed by atoms with Gasteiger partial charge in [0.25, 0.3) is 0 Å². The van der Waals surface area contributed by atoms with Crippen LogP contribution in [0.2, 0.25) is 0 Å². The lowest BCUT2D eigenvalue weighted by molar-refractivity contribution is -0.131. The maximum atomic E-state index is 12.2. The molecule has 0 saturated heterocycles. The van der Waals surface area contributed by atoms with Crippen LogP contribution in [-0.4, -0.2) is 29.1 Å². The molecule has 0 spiro atoms. The molecule has 0 aliphatic heterocycles. The number of benzene rings is 1. The minimum absolute atomic E-state index is 0.133. The lowest BCUT2D eigenvalue weighted by Gasteiger charge is -2.21. The third kappa shape index (κ3) is 4.63. The fourth-order valence-electron chi connectivity index (χ4n) is 2.09. The molecule has 1 aromatic heterocycles. The zero-order chi connectivity index (χ0) is 15.1. The van der Waals surface area contributed by atoms with Gasteiger partial charge in [0.2, 0.25) is 5.91 Å². The number of aromatic nitrogens is 1. The second-order valence-electron chi connectivity index (χ2n) is 4.89. The van der Waals surface area contributed by atoms with E-state index in [9.17, 15) is 4.79 Å². The van der Waals surface area contributed by atoms with Gasteiger partial charge in [-0.1, -0.05) is 35.5 Å². The van der Waals surface area contributed by atoms with Crippen LogP contribution in [0.3, 0.4) is 0 Å². The third-order valence-corrected chi connectivity index (χ3v) is 3.22. The largest absolute Gasteiger partial charge is 0.367 e. The highest BCUT2D eigenvalue weighted by Gasteiger charge is 2.12. The molecule has 0 aliphatic carbocycles. The van der Waals surface area contributed by atoms with Gasteiger partial charge in [-0.3, -0.25) is 4.79 Å². The molecule has 1 aromatic carbocycles. The minimum atomic E-state index is 0.133. The van der Waals surface area contributed by atoms with Crippen molar-refractivity contribution in [2.24, 2.45) is 0 Å². The number of amides is 1. The number of anilines is 1. The fraction of sp³-hybridized carbons (Fsp3) is 0.375. The molecular weight excluding hydrogens is 266 g/mol. The first-order valence-electron chi connectivity index (χ1n) is 7.18. The average Bonchev–Trinajstić information content (AvgIpc) is 2.91. The summed E-state index contributed by atoms with van der Waals surface area (Å²) in [5.74, 6) is 1.56. The predicted octanol–water partition coefficient (Wildman–Crippen LogP) is 2.83. The Labute approximate surface area is 124 Å². The molecule has 21 heavy (non-hydrogen) atoms. The van der Waals surface area contributed by atoms with E-state index in [1.165, 1.54) is 0 Å². The van der Waals surface area contributed by atoms with E-state index in [-0.39, 0.29) is 5.91 Å². The Bertz CT molecular complexity index is 566. The van der Waals surface area contributed by atoms with Crippen LogP contribution in [0.1, 0.15) is 24.7 Å². The van der Waals surface area contributed by atoms with Crippen molar-refractivity contribution in [3.05, 3.63) is 47.7 Å². The summed E-state index contributed by atoms with van der Waals surface area (Å²) in [5, 5.41) is 6.92. The highest BCUT2D eigenvalue weighted by Crippen LogP contribution is 2.08. The van der Waals surface area contributed by atoms with E-state index in [0.29, 0.717) is 31.9 Å². The molecule has 0 saturated carbocycles. The Balaban J connectivity index is 1.80. The summed E-state index contributed by atoms with van der Waals surface area (Å²) < 4.78 is 4.96. The van der Waals surface area contributed by atoms with E-state index in [2.05, 4.69) is 10.5 Å². The van der Waals surface area contributed by atoms with Crippen molar-refractivity contribution in [3.63, 3.8) is 0 Å². The maximum absolute atomic E-state index is 12.2. The van der Waals surface area contributed by atoms with Gasteiger partial charge in [0.1, 0.15) is 5.76 Å². The topological polar surface area (TPSA) is 58.4 Å². The smallest absolute Gasteiger partial charge is 0.224 e. The average molecular weight is 287 g/mol. The number of rotatable bonds is 7. The van der Waals surface area contributed by atoms with Crippen molar-refractivity contribution in [2.75, 3.05) is 18.4 Å². The summed E-state index contributed by atoms with van der Waals surface area (Å²) in [4.78, 5) is 14.1. The van der Waals surface area contributed by atoms with Crippen molar-refractivity contribution in [3.8, 4) is 0 Å². The van der Waals surface area contributed by atoms with Crippen molar-refractivity contribution in [2.45, 2.75) is 26.8 Å². The monoisotopic (exact) mass is 287 g/mol. The van der Waals surface area contributed by atoms with E-state index in [1.54, 1.807) is 0 Å². The zero-order valence-electron chi connectivity index (χ0n) is 12.5. The summed E-state index contributed by atoms with van der Waals surface area (Å²) in [5.41, 5.74) is 1.15. The Kier molecular flexibility index (Phi) is 5.37. The van der Waals surface area contributed by atoms with Crippen molar-refractivity contribution < 1.29 is 9.32 Å². The SMILES string of the molecule is CCN(Cc1ccccc1)C(=O)CCNc1cc(C)on1. The lowest BCUT2D eigenvalue weighted by Crippen LogP contribution is -2.31. The normalized spacial score (nSPS) is 10.4. The number of nitrogens with zero attached hydrogens (tertiary/aromatic N) is 2. The Hall–Kier alpha value is -2.30. The van der Waals surface area contributed by atoms with Crippen LogP contribution in [0.5, 0.6) is 0 Å². The molecule has 1 N–H and O–H groups in total. The number of hydrogen-bond acceptors (Lipinski definition) is 4. The molecule has 5 heteroatoms.